The number of carbonyl (C=O) groups is 3. The van der Waals surface area contributed by atoms with Gasteiger partial charge >= 0.3 is 6.03 Å². The molecular weight excluding hydrogens is 385 g/mol. The fourth-order valence-corrected chi connectivity index (χ4v) is 3.40. The fourth-order valence-electron chi connectivity index (χ4n) is 3.19. The third kappa shape index (κ3) is 3.84. The predicted molar refractivity (Wildman–Crippen MR) is 102 cm³/mol. The van der Waals surface area contributed by atoms with Crippen LogP contribution in [0.25, 0.3) is 0 Å². The van der Waals surface area contributed by atoms with E-state index in [0.717, 1.165) is 10.5 Å². The lowest BCUT2D eigenvalue weighted by Gasteiger charge is -2.25. The number of imide groups is 1. The smallest absolute Gasteiger partial charge is 0.325 e. The summed E-state index contributed by atoms with van der Waals surface area (Å²) in [7, 11) is 0. The van der Waals surface area contributed by atoms with E-state index < -0.39 is 35.7 Å². The van der Waals surface area contributed by atoms with Crippen LogP contribution in [0.5, 0.6) is 0 Å². The Kier molecular flexibility index (Phi) is 5.65. The van der Waals surface area contributed by atoms with Crippen molar-refractivity contribution < 1.29 is 18.8 Å². The lowest BCUT2D eigenvalue weighted by atomic mass is 9.87. The summed E-state index contributed by atoms with van der Waals surface area (Å²) in [4.78, 5) is 38.5. The van der Waals surface area contributed by atoms with E-state index in [0.29, 0.717) is 10.6 Å². The van der Waals surface area contributed by atoms with Crippen LogP contribution in [0, 0.1) is 5.82 Å². The molecule has 28 heavy (non-hydrogen) atoms. The fraction of sp³-hybridized carbons (Fsp3) is 0.250. The summed E-state index contributed by atoms with van der Waals surface area (Å²) in [6.07, 6.45) is 0.268. The maximum Gasteiger partial charge on any atom is 0.325 e. The lowest BCUT2D eigenvalue weighted by Crippen LogP contribution is -2.44. The normalized spacial score (nSPS) is 18.9. The Morgan fingerprint density at radius 3 is 2.57 bits per heavy atom. The van der Waals surface area contributed by atoms with Crippen molar-refractivity contribution in [1.29, 1.82) is 0 Å². The molecule has 1 aliphatic heterocycles. The molecule has 2 aromatic carbocycles. The molecule has 3 rings (SSSR count). The van der Waals surface area contributed by atoms with Crippen LogP contribution in [-0.2, 0) is 21.7 Å². The number of hydrogen-bond acceptors (Lipinski definition) is 3. The van der Waals surface area contributed by atoms with Gasteiger partial charge in [0.2, 0.25) is 5.91 Å². The molecule has 0 aromatic heterocycles. The number of nitrogens with zero attached hydrogens (tertiary/aromatic N) is 1. The van der Waals surface area contributed by atoms with E-state index in [1.807, 2.05) is 0 Å². The molecule has 4 amide bonds. The molecule has 0 aliphatic carbocycles. The molecule has 1 heterocycles. The van der Waals surface area contributed by atoms with E-state index in [9.17, 15) is 18.8 Å². The van der Waals surface area contributed by atoms with Crippen molar-refractivity contribution in [3.63, 3.8) is 0 Å². The summed E-state index contributed by atoms with van der Waals surface area (Å²) in [5.74, 6) is -1.46. The molecule has 2 N–H and O–H groups in total. The molecule has 6 nitrogen and oxygen atoms in total. The zero-order valence-corrected chi connectivity index (χ0v) is 15.9. The SMILES string of the molecule is CC[C@@]1(c2ccc(F)cc2)NC(=O)N(CC(=O)NCc2cccc(Cl)c2)C1=O. The highest BCUT2D eigenvalue weighted by atomic mass is 35.5. The standard InChI is InChI=1S/C20H19ClFN3O3/c1-2-20(14-6-8-16(22)9-7-14)18(27)25(19(28)24-20)12-17(26)23-11-13-4-3-5-15(21)10-13/h3-10H,2,11-12H2,1H3,(H,23,26)(H,24,28)/t20-/m0/s1. The zero-order chi connectivity index (χ0) is 20.3. The zero-order valence-electron chi connectivity index (χ0n) is 15.2. The third-order valence-corrected chi connectivity index (χ3v) is 4.96. The van der Waals surface area contributed by atoms with Crippen molar-refractivity contribution in [3.8, 4) is 0 Å². The Bertz CT molecular complexity index is 919. The van der Waals surface area contributed by atoms with Crippen molar-refractivity contribution in [2.45, 2.75) is 25.4 Å². The van der Waals surface area contributed by atoms with Gasteiger partial charge in [0.1, 0.15) is 17.9 Å². The van der Waals surface area contributed by atoms with E-state index in [4.69, 9.17) is 11.6 Å². The Morgan fingerprint density at radius 1 is 1.21 bits per heavy atom. The number of nitrogens with one attached hydrogen (secondary N) is 2. The van der Waals surface area contributed by atoms with Gasteiger partial charge in [0, 0.05) is 11.6 Å². The summed E-state index contributed by atoms with van der Waals surface area (Å²) in [6, 6.07) is 11.7. The molecule has 0 bridgehead atoms. The minimum absolute atomic E-state index is 0.222. The molecule has 0 radical (unpaired) electrons. The summed E-state index contributed by atoms with van der Waals surface area (Å²) in [5.41, 5.74) is -0.0401. The molecule has 1 fully saturated rings. The highest BCUT2D eigenvalue weighted by molar-refractivity contribution is 6.30. The quantitative estimate of drug-likeness (QED) is 0.728. The van der Waals surface area contributed by atoms with Crippen molar-refractivity contribution in [2.75, 3.05) is 6.54 Å². The second-order valence-corrected chi connectivity index (χ2v) is 6.93. The first-order valence-corrected chi connectivity index (χ1v) is 9.15. The van der Waals surface area contributed by atoms with Crippen molar-refractivity contribution >= 4 is 29.4 Å². The van der Waals surface area contributed by atoms with E-state index >= 15 is 0 Å². The maximum atomic E-state index is 13.2. The number of amides is 4. The highest BCUT2D eigenvalue weighted by Crippen LogP contribution is 2.32. The maximum absolute atomic E-state index is 13.2. The first-order valence-electron chi connectivity index (χ1n) is 8.77. The second kappa shape index (κ2) is 7.98. The van der Waals surface area contributed by atoms with Crippen LogP contribution in [0.2, 0.25) is 5.02 Å². The minimum atomic E-state index is -1.31. The Balaban J connectivity index is 1.70. The first-order chi connectivity index (χ1) is 13.4. The summed E-state index contributed by atoms with van der Waals surface area (Å²) >= 11 is 5.91. The van der Waals surface area contributed by atoms with Crippen LogP contribution in [0.3, 0.4) is 0 Å². The predicted octanol–water partition coefficient (Wildman–Crippen LogP) is 2.95. The van der Waals surface area contributed by atoms with Crippen LogP contribution in [0.15, 0.2) is 48.5 Å². The van der Waals surface area contributed by atoms with Gasteiger partial charge in [0.05, 0.1) is 0 Å². The average molecular weight is 404 g/mol. The Hall–Kier alpha value is -2.93. The molecule has 0 unspecified atom stereocenters. The van der Waals surface area contributed by atoms with Gasteiger partial charge in [-0.15, -0.1) is 0 Å². The van der Waals surface area contributed by atoms with Gasteiger partial charge in [-0.05, 0) is 41.8 Å². The summed E-state index contributed by atoms with van der Waals surface area (Å²) < 4.78 is 13.2. The van der Waals surface area contributed by atoms with Gasteiger partial charge in [-0.3, -0.25) is 14.5 Å². The van der Waals surface area contributed by atoms with Gasteiger partial charge in [-0.1, -0.05) is 42.8 Å². The van der Waals surface area contributed by atoms with Crippen molar-refractivity contribution in [1.82, 2.24) is 15.5 Å². The average Bonchev–Trinajstić information content (AvgIpc) is 2.92. The molecule has 1 aliphatic rings. The van der Waals surface area contributed by atoms with Crippen LogP contribution in [0.4, 0.5) is 9.18 Å². The van der Waals surface area contributed by atoms with E-state index in [-0.39, 0.29) is 13.0 Å². The van der Waals surface area contributed by atoms with Gasteiger partial charge < -0.3 is 10.6 Å². The number of carbonyl (C=O) groups excluding carboxylic acids is 3. The largest absolute Gasteiger partial charge is 0.350 e. The number of rotatable bonds is 6. The number of benzene rings is 2. The van der Waals surface area contributed by atoms with Crippen LogP contribution >= 0.6 is 11.6 Å². The number of urea groups is 1. The summed E-state index contributed by atoms with van der Waals surface area (Å²) in [5, 5.41) is 5.87. The molecule has 8 heteroatoms. The molecule has 0 saturated carbocycles. The van der Waals surface area contributed by atoms with E-state index in [2.05, 4.69) is 10.6 Å². The van der Waals surface area contributed by atoms with E-state index in [1.54, 1.807) is 31.2 Å². The van der Waals surface area contributed by atoms with Gasteiger partial charge in [-0.2, -0.15) is 0 Å². The molecule has 146 valence electrons. The van der Waals surface area contributed by atoms with Gasteiger partial charge in [0.15, 0.2) is 0 Å². The number of hydrogen-bond donors (Lipinski definition) is 2. The molecular formula is C20H19ClFN3O3. The van der Waals surface area contributed by atoms with Crippen molar-refractivity contribution in [2.24, 2.45) is 0 Å². The lowest BCUT2D eigenvalue weighted by molar-refractivity contribution is -0.135. The van der Waals surface area contributed by atoms with Crippen molar-refractivity contribution in [3.05, 3.63) is 70.5 Å². The van der Waals surface area contributed by atoms with Gasteiger partial charge in [0.25, 0.3) is 5.91 Å². The third-order valence-electron chi connectivity index (χ3n) is 4.72. The molecule has 2 aromatic rings. The second-order valence-electron chi connectivity index (χ2n) is 6.49. The molecule has 1 saturated heterocycles. The first kappa shape index (κ1) is 19.8. The molecule has 1 atom stereocenters. The topological polar surface area (TPSA) is 78.5 Å². The summed E-state index contributed by atoms with van der Waals surface area (Å²) in [6.45, 7) is 1.55. The van der Waals surface area contributed by atoms with Crippen LogP contribution in [0.1, 0.15) is 24.5 Å². The highest BCUT2D eigenvalue weighted by Gasteiger charge is 2.51. The minimum Gasteiger partial charge on any atom is -0.350 e. The number of halogens is 2. The monoisotopic (exact) mass is 403 g/mol. The van der Waals surface area contributed by atoms with Crippen LogP contribution < -0.4 is 10.6 Å². The van der Waals surface area contributed by atoms with Gasteiger partial charge in [-0.25, -0.2) is 9.18 Å². The van der Waals surface area contributed by atoms with Crippen LogP contribution in [-0.4, -0.2) is 29.3 Å². The van der Waals surface area contributed by atoms with E-state index in [1.165, 1.54) is 24.3 Å². The molecule has 0 spiro atoms. The Labute approximate surface area is 166 Å². The Morgan fingerprint density at radius 2 is 1.93 bits per heavy atom.